The fourth-order valence-electron chi connectivity index (χ4n) is 1.76. The minimum absolute atomic E-state index is 0.0227. The molecule has 1 amide bonds. The van der Waals surface area contributed by atoms with Gasteiger partial charge >= 0.3 is 0 Å². The zero-order valence-corrected chi connectivity index (χ0v) is 10.6. The molecule has 5 nitrogen and oxygen atoms in total. The second-order valence-corrected chi connectivity index (χ2v) is 4.60. The van der Waals surface area contributed by atoms with Crippen LogP contribution in [0.3, 0.4) is 0 Å². The summed E-state index contributed by atoms with van der Waals surface area (Å²) in [6.45, 7) is 1.66. The second kappa shape index (κ2) is 5.62. The number of amides is 1. The van der Waals surface area contributed by atoms with Crippen molar-refractivity contribution < 1.29 is 4.79 Å². The highest BCUT2D eigenvalue weighted by molar-refractivity contribution is 6.32. The van der Waals surface area contributed by atoms with Crippen molar-refractivity contribution in [1.82, 2.24) is 15.3 Å². The van der Waals surface area contributed by atoms with Gasteiger partial charge < -0.3 is 10.6 Å². The molecule has 17 heavy (non-hydrogen) atoms. The van der Waals surface area contributed by atoms with Crippen molar-refractivity contribution in [3.05, 3.63) is 16.5 Å². The van der Waals surface area contributed by atoms with Crippen molar-refractivity contribution in [3.8, 4) is 0 Å². The lowest BCUT2D eigenvalue weighted by molar-refractivity contribution is -0.120. The standard InChI is InChI=1S/C10H12Cl2N4O/c11-7-4-8(16-10(12)14-7)15-9(17)6-2-1-3-13-5-6/h4,6,13H,1-3,5H2,(H,14,15,16,17)/t6-/m0/s1. The Balaban J connectivity index is 2.01. The van der Waals surface area contributed by atoms with E-state index in [1.165, 1.54) is 6.07 Å². The molecular formula is C10H12Cl2N4O. The first kappa shape index (κ1) is 12.5. The number of carbonyl (C=O) groups is 1. The Morgan fingerprint density at radius 3 is 2.94 bits per heavy atom. The van der Waals surface area contributed by atoms with Gasteiger partial charge in [-0.3, -0.25) is 4.79 Å². The van der Waals surface area contributed by atoms with Crippen LogP contribution in [0.4, 0.5) is 5.82 Å². The molecule has 2 rings (SSSR count). The predicted octanol–water partition coefficient (Wildman–Crippen LogP) is 1.72. The molecule has 0 saturated carbocycles. The highest BCUT2D eigenvalue weighted by Crippen LogP contribution is 2.17. The monoisotopic (exact) mass is 274 g/mol. The third kappa shape index (κ3) is 3.52. The molecular weight excluding hydrogens is 263 g/mol. The SMILES string of the molecule is O=C(Nc1cc(Cl)nc(Cl)n1)[C@H]1CCCNC1. The van der Waals surface area contributed by atoms with Crippen LogP contribution < -0.4 is 10.6 Å². The van der Waals surface area contributed by atoms with Gasteiger partial charge in [0.2, 0.25) is 11.2 Å². The Bertz CT molecular complexity index is 401. The van der Waals surface area contributed by atoms with Crippen LogP contribution in [0.15, 0.2) is 6.07 Å². The highest BCUT2D eigenvalue weighted by atomic mass is 35.5. The molecule has 1 aromatic rings. The van der Waals surface area contributed by atoms with Crippen molar-refractivity contribution >= 4 is 34.9 Å². The quantitative estimate of drug-likeness (QED) is 0.637. The van der Waals surface area contributed by atoms with Crippen molar-refractivity contribution in [2.75, 3.05) is 18.4 Å². The summed E-state index contributed by atoms with van der Waals surface area (Å²) in [7, 11) is 0. The maximum Gasteiger partial charge on any atom is 0.229 e. The molecule has 92 valence electrons. The second-order valence-electron chi connectivity index (χ2n) is 3.88. The number of nitrogens with zero attached hydrogens (tertiary/aromatic N) is 2. The lowest BCUT2D eigenvalue weighted by atomic mass is 9.99. The number of aromatic nitrogens is 2. The van der Waals surface area contributed by atoms with Gasteiger partial charge in [-0.2, -0.15) is 0 Å². The summed E-state index contributed by atoms with van der Waals surface area (Å²) in [5, 5.41) is 6.11. The number of hydrogen-bond donors (Lipinski definition) is 2. The average Bonchev–Trinajstić information content (AvgIpc) is 2.28. The summed E-state index contributed by atoms with van der Waals surface area (Å²) >= 11 is 11.4. The molecule has 0 bridgehead atoms. The van der Waals surface area contributed by atoms with Crippen LogP contribution in [0.1, 0.15) is 12.8 Å². The van der Waals surface area contributed by atoms with E-state index in [0.717, 1.165) is 19.4 Å². The van der Waals surface area contributed by atoms with E-state index in [1.807, 2.05) is 0 Å². The average molecular weight is 275 g/mol. The van der Waals surface area contributed by atoms with Crippen LogP contribution in [-0.4, -0.2) is 29.0 Å². The topological polar surface area (TPSA) is 66.9 Å². The molecule has 2 N–H and O–H groups in total. The lowest BCUT2D eigenvalue weighted by Crippen LogP contribution is -2.37. The van der Waals surface area contributed by atoms with Gasteiger partial charge in [0.05, 0.1) is 5.92 Å². The third-order valence-corrected chi connectivity index (χ3v) is 2.95. The van der Waals surface area contributed by atoms with Crippen molar-refractivity contribution in [2.24, 2.45) is 5.92 Å². The van der Waals surface area contributed by atoms with Gasteiger partial charge in [-0.15, -0.1) is 0 Å². The fourth-order valence-corrected chi connectivity index (χ4v) is 2.17. The van der Waals surface area contributed by atoms with Crippen LogP contribution >= 0.6 is 23.2 Å². The molecule has 0 aliphatic carbocycles. The van der Waals surface area contributed by atoms with Crippen LogP contribution in [0.5, 0.6) is 0 Å². The summed E-state index contributed by atoms with van der Waals surface area (Å²) in [6.07, 6.45) is 1.88. The number of hydrogen-bond acceptors (Lipinski definition) is 4. The van der Waals surface area contributed by atoms with Gasteiger partial charge in [-0.05, 0) is 31.0 Å². The van der Waals surface area contributed by atoms with Crippen molar-refractivity contribution in [2.45, 2.75) is 12.8 Å². The van der Waals surface area contributed by atoms with Gasteiger partial charge in [0.15, 0.2) is 0 Å². The van der Waals surface area contributed by atoms with E-state index >= 15 is 0 Å². The molecule has 0 unspecified atom stereocenters. The largest absolute Gasteiger partial charge is 0.316 e. The van der Waals surface area contributed by atoms with Gasteiger partial charge in [-0.25, -0.2) is 9.97 Å². The Morgan fingerprint density at radius 1 is 1.47 bits per heavy atom. The number of halogens is 2. The molecule has 1 saturated heterocycles. The summed E-state index contributed by atoms with van der Waals surface area (Å²) in [5.41, 5.74) is 0. The zero-order valence-electron chi connectivity index (χ0n) is 9.04. The van der Waals surface area contributed by atoms with Crippen LogP contribution in [-0.2, 0) is 4.79 Å². The molecule has 1 aliphatic rings. The number of carbonyl (C=O) groups excluding carboxylic acids is 1. The molecule has 0 radical (unpaired) electrons. The molecule has 0 spiro atoms. The first-order chi connectivity index (χ1) is 8.15. The van der Waals surface area contributed by atoms with Gasteiger partial charge in [0.25, 0.3) is 0 Å². The minimum Gasteiger partial charge on any atom is -0.316 e. The summed E-state index contributed by atoms with van der Waals surface area (Å²) in [6, 6.07) is 1.47. The van der Waals surface area contributed by atoms with Crippen molar-refractivity contribution in [1.29, 1.82) is 0 Å². The van der Waals surface area contributed by atoms with Crippen molar-refractivity contribution in [3.63, 3.8) is 0 Å². The van der Waals surface area contributed by atoms with E-state index in [4.69, 9.17) is 23.2 Å². The number of rotatable bonds is 2. The third-order valence-electron chi connectivity index (χ3n) is 2.59. The number of anilines is 1. The van der Waals surface area contributed by atoms with Crippen LogP contribution in [0.25, 0.3) is 0 Å². The van der Waals surface area contributed by atoms with Gasteiger partial charge in [-0.1, -0.05) is 11.6 Å². The maximum atomic E-state index is 11.9. The Labute approximate surface area is 109 Å². The highest BCUT2D eigenvalue weighted by Gasteiger charge is 2.21. The van der Waals surface area contributed by atoms with E-state index in [2.05, 4.69) is 20.6 Å². The van der Waals surface area contributed by atoms with E-state index in [9.17, 15) is 4.79 Å². The molecule has 1 atom stereocenters. The Morgan fingerprint density at radius 2 is 2.29 bits per heavy atom. The molecule has 1 fully saturated rings. The predicted molar refractivity (Wildman–Crippen MR) is 66.3 cm³/mol. The number of nitrogens with one attached hydrogen (secondary N) is 2. The first-order valence-electron chi connectivity index (χ1n) is 5.37. The van der Waals surface area contributed by atoms with E-state index < -0.39 is 0 Å². The fraction of sp³-hybridized carbons (Fsp3) is 0.500. The van der Waals surface area contributed by atoms with E-state index in [-0.39, 0.29) is 22.3 Å². The molecule has 1 aliphatic heterocycles. The van der Waals surface area contributed by atoms with Gasteiger partial charge in [0.1, 0.15) is 11.0 Å². The Kier molecular flexibility index (Phi) is 4.15. The van der Waals surface area contributed by atoms with Crippen LogP contribution in [0.2, 0.25) is 10.4 Å². The van der Waals surface area contributed by atoms with E-state index in [1.54, 1.807) is 0 Å². The normalized spacial score (nSPS) is 20.0. The lowest BCUT2D eigenvalue weighted by Gasteiger charge is -2.21. The first-order valence-corrected chi connectivity index (χ1v) is 6.12. The Hall–Kier alpha value is -0.910. The molecule has 1 aromatic heterocycles. The minimum atomic E-state index is -0.0666. The molecule has 7 heteroatoms. The molecule has 0 aromatic carbocycles. The molecule has 2 heterocycles. The van der Waals surface area contributed by atoms with E-state index in [0.29, 0.717) is 12.4 Å². The summed E-state index contributed by atoms with van der Waals surface area (Å²) in [5.74, 6) is 0.241. The van der Waals surface area contributed by atoms with Gasteiger partial charge in [0, 0.05) is 12.6 Å². The zero-order chi connectivity index (χ0) is 12.3. The number of piperidine rings is 1. The maximum absolute atomic E-state index is 11.9. The smallest absolute Gasteiger partial charge is 0.229 e. The summed E-state index contributed by atoms with van der Waals surface area (Å²) < 4.78 is 0. The van der Waals surface area contributed by atoms with Crippen LogP contribution in [0, 0.1) is 5.92 Å². The summed E-state index contributed by atoms with van der Waals surface area (Å²) in [4.78, 5) is 19.5.